The Morgan fingerprint density at radius 2 is 2.39 bits per heavy atom. The quantitative estimate of drug-likeness (QED) is 0.584. The van der Waals surface area contributed by atoms with Gasteiger partial charge in [0.25, 0.3) is 0 Å². The minimum absolute atomic E-state index is 0.00190. The van der Waals surface area contributed by atoms with Gasteiger partial charge in [-0.1, -0.05) is 6.92 Å². The maximum atomic E-state index is 12.0. The van der Waals surface area contributed by atoms with E-state index in [1.54, 1.807) is 0 Å². The molecule has 2 amide bonds. The van der Waals surface area contributed by atoms with Gasteiger partial charge in [-0.25, -0.2) is 0 Å². The highest BCUT2D eigenvalue weighted by molar-refractivity contribution is 5.86. The number of hydrogen-bond acceptors (Lipinski definition) is 4. The fraction of sp³-hybridized carbons (Fsp3) is 0.833. The average Bonchev–Trinajstić information content (AvgIpc) is 2.39. The molecule has 0 saturated carbocycles. The number of piperidine rings is 1. The van der Waals surface area contributed by atoms with Crippen LogP contribution >= 0.6 is 0 Å². The molecule has 2 rings (SSSR count). The van der Waals surface area contributed by atoms with Gasteiger partial charge in [-0.2, -0.15) is 0 Å². The van der Waals surface area contributed by atoms with Crippen LogP contribution in [0.1, 0.15) is 19.8 Å². The second kappa shape index (κ2) is 6.15. The van der Waals surface area contributed by atoms with E-state index in [2.05, 4.69) is 27.8 Å². The number of piperazine rings is 1. The predicted molar refractivity (Wildman–Crippen MR) is 68.1 cm³/mol. The lowest BCUT2D eigenvalue weighted by Crippen LogP contribution is -2.60. The van der Waals surface area contributed by atoms with E-state index < -0.39 is 0 Å². The molecule has 3 N–H and O–H groups in total. The Bertz CT molecular complexity index is 311. The van der Waals surface area contributed by atoms with Gasteiger partial charge in [-0.15, -0.1) is 0 Å². The van der Waals surface area contributed by atoms with Crippen LogP contribution in [0.25, 0.3) is 0 Å². The average molecular weight is 254 g/mol. The zero-order chi connectivity index (χ0) is 13.0. The number of carbonyl (C=O) groups excluding carboxylic acids is 2. The maximum absolute atomic E-state index is 12.0. The van der Waals surface area contributed by atoms with Crippen molar-refractivity contribution in [3.05, 3.63) is 0 Å². The lowest BCUT2D eigenvalue weighted by Gasteiger charge is -2.33. The van der Waals surface area contributed by atoms with E-state index in [-0.39, 0.29) is 30.4 Å². The van der Waals surface area contributed by atoms with Gasteiger partial charge in [0.2, 0.25) is 11.8 Å². The highest BCUT2D eigenvalue weighted by Gasteiger charge is 2.27. The number of likely N-dealkylation sites (tertiary alicyclic amines) is 1. The number of amides is 2. The van der Waals surface area contributed by atoms with Crippen molar-refractivity contribution < 1.29 is 9.59 Å². The molecular weight excluding hydrogens is 232 g/mol. The van der Waals surface area contributed by atoms with E-state index in [1.807, 2.05) is 0 Å². The first-order valence-electron chi connectivity index (χ1n) is 6.72. The molecule has 2 atom stereocenters. The molecule has 0 aromatic heterocycles. The van der Waals surface area contributed by atoms with Crippen LogP contribution in [0.4, 0.5) is 0 Å². The van der Waals surface area contributed by atoms with Gasteiger partial charge in [0.1, 0.15) is 6.04 Å². The van der Waals surface area contributed by atoms with Crippen LogP contribution in [0.15, 0.2) is 0 Å². The number of rotatable bonds is 3. The summed E-state index contributed by atoms with van der Waals surface area (Å²) < 4.78 is 0. The Labute approximate surface area is 107 Å². The summed E-state index contributed by atoms with van der Waals surface area (Å²) in [6, 6.07) is -0.0506. The summed E-state index contributed by atoms with van der Waals surface area (Å²) in [5.41, 5.74) is 0. The third-order valence-electron chi connectivity index (χ3n) is 3.63. The third-order valence-corrected chi connectivity index (χ3v) is 3.63. The van der Waals surface area contributed by atoms with Gasteiger partial charge in [0.05, 0.1) is 6.54 Å². The monoisotopic (exact) mass is 254 g/mol. The van der Waals surface area contributed by atoms with Gasteiger partial charge in [0.15, 0.2) is 0 Å². The van der Waals surface area contributed by atoms with Crippen LogP contribution in [-0.4, -0.2) is 61.5 Å². The molecule has 18 heavy (non-hydrogen) atoms. The van der Waals surface area contributed by atoms with Crippen molar-refractivity contribution in [2.24, 2.45) is 0 Å². The van der Waals surface area contributed by atoms with Gasteiger partial charge >= 0.3 is 0 Å². The summed E-state index contributed by atoms with van der Waals surface area (Å²) in [6.07, 6.45) is 2.18. The van der Waals surface area contributed by atoms with E-state index in [4.69, 9.17) is 0 Å². The third kappa shape index (κ3) is 3.43. The van der Waals surface area contributed by atoms with Crippen molar-refractivity contribution in [1.82, 2.24) is 20.9 Å². The van der Waals surface area contributed by atoms with Gasteiger partial charge in [-0.05, 0) is 25.9 Å². The van der Waals surface area contributed by atoms with Crippen LogP contribution in [0.3, 0.4) is 0 Å². The van der Waals surface area contributed by atoms with Crippen molar-refractivity contribution in [2.75, 3.05) is 32.7 Å². The number of carbonyl (C=O) groups is 2. The largest absolute Gasteiger partial charge is 0.353 e. The molecule has 0 aromatic rings. The molecule has 0 spiro atoms. The Balaban J connectivity index is 1.78. The molecule has 0 bridgehead atoms. The highest BCUT2D eigenvalue weighted by Crippen LogP contribution is 2.09. The maximum Gasteiger partial charge on any atom is 0.239 e. The van der Waals surface area contributed by atoms with E-state index in [0.29, 0.717) is 6.54 Å². The summed E-state index contributed by atoms with van der Waals surface area (Å²) in [7, 11) is 0. The Hall–Kier alpha value is -1.14. The zero-order valence-electron chi connectivity index (χ0n) is 10.9. The second-order valence-electron chi connectivity index (χ2n) is 4.98. The van der Waals surface area contributed by atoms with Crippen molar-refractivity contribution in [3.8, 4) is 0 Å². The molecule has 2 unspecified atom stereocenters. The Kier molecular flexibility index (Phi) is 4.54. The summed E-state index contributed by atoms with van der Waals surface area (Å²) in [5.74, 6) is -0.0492. The Morgan fingerprint density at radius 3 is 3.06 bits per heavy atom. The summed E-state index contributed by atoms with van der Waals surface area (Å²) >= 11 is 0. The van der Waals surface area contributed by atoms with Crippen LogP contribution in [0.2, 0.25) is 0 Å². The molecule has 2 fully saturated rings. The fourth-order valence-corrected chi connectivity index (χ4v) is 2.51. The zero-order valence-corrected chi connectivity index (χ0v) is 10.9. The van der Waals surface area contributed by atoms with Crippen LogP contribution in [0, 0.1) is 0 Å². The van der Waals surface area contributed by atoms with E-state index in [0.717, 1.165) is 32.5 Å². The molecule has 0 radical (unpaired) electrons. The first-order chi connectivity index (χ1) is 8.69. The molecule has 0 aliphatic carbocycles. The van der Waals surface area contributed by atoms with Crippen LogP contribution in [-0.2, 0) is 9.59 Å². The fourth-order valence-electron chi connectivity index (χ4n) is 2.51. The SMILES string of the molecule is CCN1CCCC(NC(=O)C2CNC(=O)CN2)C1. The van der Waals surface area contributed by atoms with Gasteiger partial charge < -0.3 is 15.5 Å². The molecule has 2 aliphatic rings. The molecule has 0 aromatic carbocycles. The van der Waals surface area contributed by atoms with Crippen LogP contribution in [0.5, 0.6) is 0 Å². The first-order valence-corrected chi connectivity index (χ1v) is 6.72. The molecule has 6 heteroatoms. The Morgan fingerprint density at radius 1 is 1.56 bits per heavy atom. The molecule has 102 valence electrons. The van der Waals surface area contributed by atoms with Crippen molar-refractivity contribution in [3.63, 3.8) is 0 Å². The van der Waals surface area contributed by atoms with Gasteiger partial charge in [-0.3, -0.25) is 14.9 Å². The van der Waals surface area contributed by atoms with E-state index in [9.17, 15) is 9.59 Å². The normalized spacial score (nSPS) is 29.7. The molecule has 2 heterocycles. The molecular formula is C12H22N4O2. The summed E-state index contributed by atoms with van der Waals surface area (Å²) in [5, 5.41) is 8.72. The van der Waals surface area contributed by atoms with Gasteiger partial charge in [0, 0.05) is 19.1 Å². The van der Waals surface area contributed by atoms with Crippen molar-refractivity contribution in [2.45, 2.75) is 31.8 Å². The standard InChI is InChI=1S/C12H22N4O2/c1-2-16-5-3-4-9(8-16)15-12(18)10-6-14-11(17)7-13-10/h9-10,13H,2-8H2,1H3,(H,14,17)(H,15,18). The van der Waals surface area contributed by atoms with E-state index >= 15 is 0 Å². The van der Waals surface area contributed by atoms with Crippen LogP contribution < -0.4 is 16.0 Å². The smallest absolute Gasteiger partial charge is 0.239 e. The predicted octanol–water partition coefficient (Wildman–Crippen LogP) is -1.33. The number of likely N-dealkylation sites (N-methyl/N-ethyl adjacent to an activating group) is 1. The van der Waals surface area contributed by atoms with Crippen molar-refractivity contribution in [1.29, 1.82) is 0 Å². The molecule has 2 saturated heterocycles. The number of nitrogens with one attached hydrogen (secondary N) is 3. The first kappa shape index (κ1) is 13.3. The minimum Gasteiger partial charge on any atom is -0.353 e. The molecule has 6 nitrogen and oxygen atoms in total. The van der Waals surface area contributed by atoms with Crippen molar-refractivity contribution >= 4 is 11.8 Å². The second-order valence-corrected chi connectivity index (χ2v) is 4.98. The lowest BCUT2D eigenvalue weighted by molar-refractivity contribution is -0.127. The topological polar surface area (TPSA) is 73.5 Å². The summed E-state index contributed by atoms with van der Waals surface area (Å²) in [4.78, 5) is 25.4. The van der Waals surface area contributed by atoms with E-state index in [1.165, 1.54) is 0 Å². The molecule has 2 aliphatic heterocycles. The minimum atomic E-state index is -0.292. The number of nitrogens with zero attached hydrogens (tertiary/aromatic N) is 1. The lowest BCUT2D eigenvalue weighted by atomic mass is 10.1. The summed E-state index contributed by atoms with van der Waals surface area (Å²) in [6.45, 7) is 5.84. The highest BCUT2D eigenvalue weighted by atomic mass is 16.2. The number of hydrogen-bond donors (Lipinski definition) is 3.